The second-order valence-electron chi connectivity index (χ2n) is 7.15. The van der Waals surface area contributed by atoms with Crippen LogP contribution in [0.2, 0.25) is 0 Å². The summed E-state index contributed by atoms with van der Waals surface area (Å²) in [5.41, 5.74) is 0.196. The molecule has 150 valence electrons. The Morgan fingerprint density at radius 2 is 1.96 bits per heavy atom. The first kappa shape index (κ1) is 18.9. The molecular weight excluding hydrogens is 384 g/mol. The molecule has 0 unspecified atom stereocenters. The van der Waals surface area contributed by atoms with Crippen LogP contribution in [0.5, 0.6) is 0 Å². The van der Waals surface area contributed by atoms with Crippen LogP contribution in [0.15, 0.2) is 9.59 Å². The summed E-state index contributed by atoms with van der Waals surface area (Å²) >= 11 is 1.34. The molecule has 0 bridgehead atoms. The highest BCUT2D eigenvalue weighted by molar-refractivity contribution is 7.18. The van der Waals surface area contributed by atoms with Crippen molar-refractivity contribution in [2.45, 2.75) is 38.9 Å². The highest BCUT2D eigenvalue weighted by Crippen LogP contribution is 2.34. The van der Waals surface area contributed by atoms with E-state index in [1.54, 1.807) is 11.7 Å². The Hall–Kier alpha value is -2.46. The van der Waals surface area contributed by atoms with Crippen LogP contribution in [0.1, 0.15) is 29.3 Å². The van der Waals surface area contributed by atoms with Crippen molar-refractivity contribution in [1.82, 2.24) is 19.4 Å². The average Bonchev–Trinajstić information content (AvgIpc) is 3.44. The molecule has 0 atom stereocenters. The average molecular weight is 406 g/mol. The summed E-state index contributed by atoms with van der Waals surface area (Å²) in [7, 11) is 1.57. The van der Waals surface area contributed by atoms with Crippen LogP contribution in [0.4, 0.5) is 0 Å². The van der Waals surface area contributed by atoms with Gasteiger partial charge in [-0.05, 0) is 25.3 Å². The van der Waals surface area contributed by atoms with Crippen molar-refractivity contribution in [3.8, 4) is 0 Å². The van der Waals surface area contributed by atoms with E-state index >= 15 is 0 Å². The molecule has 1 aliphatic heterocycles. The van der Waals surface area contributed by atoms with Gasteiger partial charge in [0.15, 0.2) is 0 Å². The lowest BCUT2D eigenvalue weighted by molar-refractivity contribution is -0.148. The van der Waals surface area contributed by atoms with Gasteiger partial charge in [-0.15, -0.1) is 11.3 Å². The number of hydrogen-bond acceptors (Lipinski definition) is 6. The zero-order valence-corrected chi connectivity index (χ0v) is 16.6. The number of aromatic nitrogens is 2. The molecule has 1 saturated carbocycles. The summed E-state index contributed by atoms with van der Waals surface area (Å²) in [6.45, 7) is 3.62. The second-order valence-corrected chi connectivity index (χ2v) is 8.23. The van der Waals surface area contributed by atoms with Gasteiger partial charge in [-0.25, -0.2) is 4.79 Å². The van der Waals surface area contributed by atoms with E-state index in [0.29, 0.717) is 36.5 Å². The van der Waals surface area contributed by atoms with Gasteiger partial charge in [0.2, 0.25) is 0 Å². The molecule has 2 aliphatic rings. The number of nitrogens with one attached hydrogen (secondary N) is 1. The van der Waals surface area contributed by atoms with Crippen molar-refractivity contribution >= 4 is 33.4 Å². The minimum atomic E-state index is -0.613. The quantitative estimate of drug-likeness (QED) is 0.679. The number of ether oxygens (including phenoxy) is 1. The Bertz CT molecular complexity index is 1080. The number of rotatable bonds is 6. The molecule has 3 heterocycles. The van der Waals surface area contributed by atoms with Crippen molar-refractivity contribution in [3.05, 3.63) is 31.3 Å². The van der Waals surface area contributed by atoms with E-state index < -0.39 is 11.8 Å². The lowest BCUT2D eigenvalue weighted by Crippen LogP contribution is -2.51. The Morgan fingerprint density at radius 1 is 1.21 bits per heavy atom. The number of fused-ring (bicyclic) bond motifs is 1. The van der Waals surface area contributed by atoms with Crippen LogP contribution in [0, 0.1) is 6.92 Å². The summed E-state index contributed by atoms with van der Waals surface area (Å²) in [6, 6.07) is -0.0340. The molecule has 4 rings (SSSR count). The molecule has 2 aromatic rings. The Kier molecular flexibility index (Phi) is 4.84. The maximum Gasteiger partial charge on any atom is 0.332 e. The van der Waals surface area contributed by atoms with Crippen LogP contribution >= 0.6 is 11.3 Å². The third-order valence-corrected chi connectivity index (χ3v) is 6.56. The summed E-state index contributed by atoms with van der Waals surface area (Å²) < 4.78 is 8.10. The van der Waals surface area contributed by atoms with Crippen LogP contribution in [-0.2, 0) is 27.4 Å². The number of amides is 2. The molecule has 2 fully saturated rings. The molecule has 2 aromatic heterocycles. The van der Waals surface area contributed by atoms with Gasteiger partial charge >= 0.3 is 17.5 Å². The topological polar surface area (TPSA) is 103 Å². The van der Waals surface area contributed by atoms with Gasteiger partial charge in [-0.3, -0.25) is 23.5 Å². The second kappa shape index (κ2) is 7.17. The fraction of sp³-hybridized carbons (Fsp3) is 0.556. The molecule has 28 heavy (non-hydrogen) atoms. The Morgan fingerprint density at radius 3 is 2.64 bits per heavy atom. The monoisotopic (exact) mass is 406 g/mol. The first-order chi connectivity index (χ1) is 13.4. The smallest absolute Gasteiger partial charge is 0.332 e. The predicted molar refractivity (Wildman–Crippen MR) is 104 cm³/mol. The molecule has 0 aromatic carbocycles. The predicted octanol–water partition coefficient (Wildman–Crippen LogP) is -0.0272. The van der Waals surface area contributed by atoms with Crippen LogP contribution in [0.3, 0.4) is 0 Å². The summed E-state index contributed by atoms with van der Waals surface area (Å²) in [6.07, 6.45) is 1.66. The number of methoxy groups -OCH3 is 1. The van der Waals surface area contributed by atoms with E-state index in [4.69, 9.17) is 4.74 Å². The van der Waals surface area contributed by atoms with Crippen molar-refractivity contribution < 1.29 is 14.3 Å². The van der Waals surface area contributed by atoms with Crippen molar-refractivity contribution in [2.75, 3.05) is 26.8 Å². The van der Waals surface area contributed by atoms with E-state index in [0.717, 1.165) is 23.3 Å². The number of thiophene rings is 1. The van der Waals surface area contributed by atoms with Crippen LogP contribution in [0.25, 0.3) is 10.2 Å². The molecule has 0 radical (unpaired) electrons. The van der Waals surface area contributed by atoms with Gasteiger partial charge in [0.25, 0.3) is 5.56 Å². The van der Waals surface area contributed by atoms with Gasteiger partial charge in [0, 0.05) is 31.1 Å². The van der Waals surface area contributed by atoms with E-state index in [-0.39, 0.29) is 23.8 Å². The number of hydrogen-bond donors (Lipinski definition) is 1. The zero-order valence-electron chi connectivity index (χ0n) is 15.8. The minimum absolute atomic E-state index is 0.0340. The molecule has 1 N–H and O–H groups in total. The highest BCUT2D eigenvalue weighted by atomic mass is 32.1. The number of piperazine rings is 1. The molecule has 1 saturated heterocycles. The molecule has 0 spiro atoms. The molecule has 9 nitrogen and oxygen atoms in total. The molecule has 2 amide bonds. The minimum Gasteiger partial charge on any atom is -0.383 e. The van der Waals surface area contributed by atoms with Crippen LogP contribution in [-0.4, -0.2) is 52.7 Å². The number of nitrogens with zero attached hydrogens (tertiary/aromatic N) is 3. The summed E-state index contributed by atoms with van der Waals surface area (Å²) in [5.74, 6) is -1.19. The van der Waals surface area contributed by atoms with Crippen molar-refractivity contribution in [2.24, 2.45) is 0 Å². The maximum absolute atomic E-state index is 13.1. The lowest BCUT2D eigenvalue weighted by Gasteiger charge is -2.26. The largest absolute Gasteiger partial charge is 0.383 e. The number of aryl methyl sites for hydroxylation is 1. The van der Waals surface area contributed by atoms with Gasteiger partial charge in [0.1, 0.15) is 4.83 Å². The van der Waals surface area contributed by atoms with Crippen LogP contribution < -0.4 is 16.6 Å². The van der Waals surface area contributed by atoms with Gasteiger partial charge in [0.05, 0.1) is 25.1 Å². The van der Waals surface area contributed by atoms with E-state index in [9.17, 15) is 19.2 Å². The maximum atomic E-state index is 13.1. The Balaban J connectivity index is 1.84. The normalized spacial score (nSPS) is 17.4. The van der Waals surface area contributed by atoms with E-state index in [2.05, 4.69) is 5.32 Å². The molecule has 1 aliphatic carbocycles. The first-order valence-corrected chi connectivity index (χ1v) is 10.1. The number of carbonyl (C=O) groups is 2. The summed E-state index contributed by atoms with van der Waals surface area (Å²) in [5, 5.41) is 3.05. The zero-order chi connectivity index (χ0) is 20.0. The Labute approximate surface area is 164 Å². The third kappa shape index (κ3) is 3.06. The standard InChI is InChI=1S/C18H22N4O5S/c1-10-12(9-20-6-5-19-14(23)16(20)25)28-17-13(10)15(24)22(11-3-4-11)18(26)21(17)7-8-27-2/h11H,3-9H2,1-2H3,(H,19,23). The van der Waals surface area contributed by atoms with Gasteiger partial charge in [-0.2, -0.15) is 0 Å². The van der Waals surface area contributed by atoms with Gasteiger partial charge in [-0.1, -0.05) is 0 Å². The fourth-order valence-electron chi connectivity index (χ4n) is 3.54. The van der Waals surface area contributed by atoms with E-state index in [1.165, 1.54) is 20.8 Å². The lowest BCUT2D eigenvalue weighted by atomic mass is 10.2. The molecular formula is C18H22N4O5S. The van der Waals surface area contributed by atoms with Crippen molar-refractivity contribution in [1.29, 1.82) is 0 Å². The third-order valence-electron chi connectivity index (χ3n) is 5.26. The summed E-state index contributed by atoms with van der Waals surface area (Å²) in [4.78, 5) is 52.7. The van der Waals surface area contributed by atoms with Gasteiger partial charge < -0.3 is 15.0 Å². The van der Waals surface area contributed by atoms with E-state index in [1.807, 2.05) is 6.92 Å². The first-order valence-electron chi connectivity index (χ1n) is 9.27. The SMILES string of the molecule is COCCn1c(=O)n(C2CC2)c(=O)c2c(C)c(CN3CCNC(=O)C3=O)sc21. The molecule has 10 heteroatoms. The number of carbonyl (C=O) groups excluding carboxylic acids is 2. The highest BCUT2D eigenvalue weighted by Gasteiger charge is 2.31. The van der Waals surface area contributed by atoms with Crippen molar-refractivity contribution in [3.63, 3.8) is 0 Å². The fourth-order valence-corrected chi connectivity index (χ4v) is 4.88.